The van der Waals surface area contributed by atoms with Crippen molar-refractivity contribution in [2.45, 2.75) is 51.4 Å². The van der Waals surface area contributed by atoms with Gasteiger partial charge in [0.2, 0.25) is 6.29 Å². The van der Waals surface area contributed by atoms with Crippen LogP contribution in [0.5, 0.6) is 0 Å². The first-order chi connectivity index (χ1) is 9.76. The van der Waals surface area contributed by atoms with E-state index in [2.05, 4.69) is 0 Å². The molecular formula is C12H20N2O7. The number of ether oxygens (including phenoxy) is 4. The van der Waals surface area contributed by atoms with E-state index in [9.17, 15) is 14.4 Å². The molecule has 9 nitrogen and oxygen atoms in total. The molecule has 1 aliphatic heterocycles. The first-order valence-corrected chi connectivity index (χ1v) is 6.39. The lowest BCUT2D eigenvalue weighted by molar-refractivity contribution is -0.258. The van der Waals surface area contributed by atoms with Crippen molar-refractivity contribution in [1.29, 1.82) is 0 Å². The molecule has 0 amide bonds. The maximum atomic E-state index is 11.2. The van der Waals surface area contributed by atoms with Crippen LogP contribution < -0.4 is 11.5 Å². The van der Waals surface area contributed by atoms with Gasteiger partial charge in [-0.3, -0.25) is 14.4 Å². The maximum Gasteiger partial charge on any atom is 0.304 e. The third-order valence-corrected chi connectivity index (χ3v) is 2.81. The molecule has 1 rings (SSSR count). The van der Waals surface area contributed by atoms with Crippen LogP contribution in [0, 0.1) is 0 Å². The van der Waals surface area contributed by atoms with Gasteiger partial charge in [0.15, 0.2) is 12.2 Å². The monoisotopic (exact) mass is 304 g/mol. The second kappa shape index (κ2) is 7.34. The minimum absolute atomic E-state index is 0.0415. The van der Waals surface area contributed by atoms with Crippen molar-refractivity contribution < 1.29 is 33.3 Å². The van der Waals surface area contributed by atoms with Crippen LogP contribution >= 0.6 is 0 Å². The van der Waals surface area contributed by atoms with E-state index in [0.29, 0.717) is 0 Å². The summed E-state index contributed by atoms with van der Waals surface area (Å²) in [6.07, 6.45) is -3.97. The Balaban J connectivity index is 3.01. The number of nitrogens with two attached hydrogens (primary N) is 2. The second-order valence-electron chi connectivity index (χ2n) is 4.61. The second-order valence-corrected chi connectivity index (χ2v) is 4.61. The number of carbonyl (C=O) groups excluding carboxylic acids is 3. The Morgan fingerprint density at radius 2 is 1.43 bits per heavy atom. The van der Waals surface area contributed by atoms with Crippen molar-refractivity contribution in [2.24, 2.45) is 11.5 Å². The molecule has 0 aromatic rings. The van der Waals surface area contributed by atoms with Gasteiger partial charge < -0.3 is 30.4 Å². The van der Waals surface area contributed by atoms with Crippen molar-refractivity contribution >= 4 is 17.9 Å². The van der Waals surface area contributed by atoms with Crippen LogP contribution in [-0.2, 0) is 33.3 Å². The van der Waals surface area contributed by atoms with E-state index in [-0.39, 0.29) is 6.54 Å². The maximum absolute atomic E-state index is 11.2. The molecule has 9 heteroatoms. The molecule has 1 heterocycles. The SMILES string of the molecule is CC(=O)OC1[C@H](OC(C)=O)C(CN)O[C@@H](OC(C)=O)[C@H]1N. The van der Waals surface area contributed by atoms with Crippen LogP contribution in [0.2, 0.25) is 0 Å². The molecule has 0 bridgehead atoms. The highest BCUT2D eigenvalue weighted by Crippen LogP contribution is 2.25. The van der Waals surface area contributed by atoms with Crippen molar-refractivity contribution in [3.8, 4) is 0 Å². The van der Waals surface area contributed by atoms with Gasteiger partial charge in [-0.15, -0.1) is 0 Å². The quantitative estimate of drug-likeness (QED) is 0.465. The molecule has 4 N–H and O–H groups in total. The van der Waals surface area contributed by atoms with Gasteiger partial charge in [-0.05, 0) is 0 Å². The average molecular weight is 304 g/mol. The normalized spacial score (nSPS) is 32.1. The van der Waals surface area contributed by atoms with Gasteiger partial charge in [-0.1, -0.05) is 0 Å². The number of hydrogen-bond acceptors (Lipinski definition) is 9. The Morgan fingerprint density at radius 1 is 0.952 bits per heavy atom. The van der Waals surface area contributed by atoms with Crippen molar-refractivity contribution in [3.05, 3.63) is 0 Å². The number of rotatable bonds is 4. The highest BCUT2D eigenvalue weighted by Gasteiger charge is 2.49. The van der Waals surface area contributed by atoms with Crippen molar-refractivity contribution in [1.82, 2.24) is 0 Å². The molecular weight excluding hydrogens is 284 g/mol. The zero-order valence-electron chi connectivity index (χ0n) is 12.1. The van der Waals surface area contributed by atoms with Gasteiger partial charge in [0.1, 0.15) is 12.1 Å². The van der Waals surface area contributed by atoms with E-state index in [1.165, 1.54) is 20.8 Å². The van der Waals surface area contributed by atoms with Gasteiger partial charge in [0.05, 0.1) is 0 Å². The summed E-state index contributed by atoms with van der Waals surface area (Å²) < 4.78 is 20.5. The van der Waals surface area contributed by atoms with E-state index in [1.54, 1.807) is 0 Å². The van der Waals surface area contributed by atoms with Crippen LogP contribution in [0.4, 0.5) is 0 Å². The van der Waals surface area contributed by atoms with E-state index in [0.717, 1.165) is 0 Å². The van der Waals surface area contributed by atoms with Crippen LogP contribution in [-0.4, -0.2) is 55.1 Å². The first-order valence-electron chi connectivity index (χ1n) is 6.39. The molecule has 1 fully saturated rings. The molecule has 0 aromatic heterocycles. The summed E-state index contributed by atoms with van der Waals surface area (Å²) in [6, 6.07) is -1.01. The first kappa shape index (κ1) is 17.3. The van der Waals surface area contributed by atoms with E-state index >= 15 is 0 Å². The van der Waals surface area contributed by atoms with E-state index in [4.69, 9.17) is 30.4 Å². The Hall–Kier alpha value is -1.71. The zero-order valence-corrected chi connectivity index (χ0v) is 12.1. The summed E-state index contributed by atoms with van der Waals surface area (Å²) in [5, 5.41) is 0. The summed E-state index contributed by atoms with van der Waals surface area (Å²) in [4.78, 5) is 33.5. The molecule has 2 unspecified atom stereocenters. The molecule has 0 radical (unpaired) electrons. The lowest BCUT2D eigenvalue weighted by Gasteiger charge is -2.42. The minimum Gasteiger partial charge on any atom is -0.457 e. The molecule has 1 aliphatic rings. The number of esters is 3. The summed E-state index contributed by atoms with van der Waals surface area (Å²) in [5.74, 6) is -1.83. The lowest BCUT2D eigenvalue weighted by Crippen LogP contribution is -2.65. The Morgan fingerprint density at radius 3 is 1.86 bits per heavy atom. The van der Waals surface area contributed by atoms with E-state index < -0.39 is 48.6 Å². The molecule has 0 aliphatic carbocycles. The van der Waals surface area contributed by atoms with Gasteiger partial charge >= 0.3 is 17.9 Å². The van der Waals surface area contributed by atoms with Crippen LogP contribution in [0.25, 0.3) is 0 Å². The predicted molar refractivity (Wildman–Crippen MR) is 68.6 cm³/mol. The number of carbonyl (C=O) groups is 3. The summed E-state index contributed by atoms with van der Waals surface area (Å²) in [6.45, 7) is 3.53. The summed E-state index contributed by atoms with van der Waals surface area (Å²) in [7, 11) is 0. The lowest BCUT2D eigenvalue weighted by atomic mass is 9.96. The molecule has 120 valence electrons. The topological polar surface area (TPSA) is 140 Å². The fourth-order valence-corrected chi connectivity index (χ4v) is 2.06. The van der Waals surface area contributed by atoms with E-state index in [1.807, 2.05) is 0 Å². The molecule has 1 saturated heterocycles. The average Bonchev–Trinajstić information content (AvgIpc) is 2.35. The van der Waals surface area contributed by atoms with Crippen molar-refractivity contribution in [3.63, 3.8) is 0 Å². The largest absolute Gasteiger partial charge is 0.457 e. The van der Waals surface area contributed by atoms with Crippen molar-refractivity contribution in [2.75, 3.05) is 6.54 Å². The smallest absolute Gasteiger partial charge is 0.304 e. The number of hydrogen-bond donors (Lipinski definition) is 2. The Labute approximate surface area is 121 Å². The standard InChI is InChI=1S/C12H20N2O7/c1-5(15)18-10-8(4-13)21-12(20-7(3)17)9(14)11(10)19-6(2)16/h8-12H,4,13-14H2,1-3H3/t8?,9-,10+,11?,12+/m0/s1. The summed E-state index contributed by atoms with van der Waals surface area (Å²) >= 11 is 0. The third-order valence-electron chi connectivity index (χ3n) is 2.81. The fraction of sp³-hybridized carbons (Fsp3) is 0.750. The molecule has 5 atom stereocenters. The molecule has 0 spiro atoms. The zero-order chi connectivity index (χ0) is 16.2. The van der Waals surface area contributed by atoms with Gasteiger partial charge in [-0.2, -0.15) is 0 Å². The third kappa shape index (κ3) is 4.66. The summed E-state index contributed by atoms with van der Waals surface area (Å²) in [5.41, 5.74) is 11.5. The highest BCUT2D eigenvalue weighted by atomic mass is 16.7. The Bertz CT molecular complexity index is 414. The van der Waals surface area contributed by atoms with Crippen LogP contribution in [0.15, 0.2) is 0 Å². The van der Waals surface area contributed by atoms with Crippen LogP contribution in [0.1, 0.15) is 20.8 Å². The molecule has 0 saturated carbocycles. The Kier molecular flexibility index (Phi) is 6.06. The van der Waals surface area contributed by atoms with Gasteiger partial charge in [-0.25, -0.2) is 0 Å². The predicted octanol–water partition coefficient (Wildman–Crippen LogP) is -1.58. The molecule has 21 heavy (non-hydrogen) atoms. The van der Waals surface area contributed by atoms with Gasteiger partial charge in [0, 0.05) is 27.3 Å². The fourth-order valence-electron chi connectivity index (χ4n) is 2.06. The minimum atomic E-state index is -1.15. The van der Waals surface area contributed by atoms with Gasteiger partial charge in [0.25, 0.3) is 0 Å². The molecule has 0 aromatic carbocycles. The highest BCUT2D eigenvalue weighted by molar-refractivity contribution is 5.68. The van der Waals surface area contributed by atoms with Crippen LogP contribution in [0.3, 0.4) is 0 Å².